The Labute approximate surface area is 173 Å². The summed E-state index contributed by atoms with van der Waals surface area (Å²) in [5.74, 6) is 2.11. The highest BCUT2D eigenvalue weighted by atomic mass is 32.1. The van der Waals surface area contributed by atoms with Crippen molar-refractivity contribution in [3.63, 3.8) is 0 Å². The quantitative estimate of drug-likeness (QED) is 0.404. The molecular weight excluding hydrogens is 362 g/mol. The van der Waals surface area contributed by atoms with Crippen molar-refractivity contribution < 1.29 is 4.79 Å². The van der Waals surface area contributed by atoms with E-state index in [-0.39, 0.29) is 5.91 Å². The van der Waals surface area contributed by atoms with Crippen molar-refractivity contribution in [2.75, 3.05) is 0 Å². The summed E-state index contributed by atoms with van der Waals surface area (Å²) in [4.78, 5) is 13.2. The number of carbonyl (C=O) groups is 1. The topological polar surface area (TPSA) is 29.1 Å². The van der Waals surface area contributed by atoms with E-state index < -0.39 is 0 Å². The van der Waals surface area contributed by atoms with Crippen molar-refractivity contribution in [2.45, 2.75) is 65.3 Å². The van der Waals surface area contributed by atoms with Crippen LogP contribution in [0.3, 0.4) is 0 Å². The monoisotopic (exact) mass is 395 g/mol. The van der Waals surface area contributed by atoms with Gasteiger partial charge in [0.1, 0.15) is 0 Å². The summed E-state index contributed by atoms with van der Waals surface area (Å²) < 4.78 is 1.19. The summed E-state index contributed by atoms with van der Waals surface area (Å²) in [5.41, 5.74) is 1.20. The first kappa shape index (κ1) is 19.7. The number of amides is 1. The Morgan fingerprint density at radius 2 is 2.07 bits per heavy atom. The Hall–Kier alpha value is -1.61. The molecular formula is C25H33NOS. The molecule has 2 aromatic rings. The molecule has 3 aliphatic carbocycles. The Balaban J connectivity index is 1.50. The van der Waals surface area contributed by atoms with Gasteiger partial charge in [-0.15, -0.1) is 11.3 Å². The first-order valence-electron chi connectivity index (χ1n) is 10.9. The molecule has 3 aliphatic rings. The van der Waals surface area contributed by atoms with Gasteiger partial charge in [-0.3, -0.25) is 4.79 Å². The van der Waals surface area contributed by atoms with Crippen LogP contribution in [-0.2, 0) is 0 Å². The molecule has 1 amide bonds. The Morgan fingerprint density at radius 3 is 2.86 bits per heavy atom. The van der Waals surface area contributed by atoms with E-state index in [0.29, 0.717) is 23.3 Å². The minimum Gasteiger partial charge on any atom is -0.349 e. The third-order valence-corrected chi connectivity index (χ3v) is 8.39. The molecule has 3 heteroatoms. The first-order valence-corrected chi connectivity index (χ1v) is 11.8. The second-order valence-electron chi connectivity index (χ2n) is 9.35. The fraction of sp³-hybridized carbons (Fsp3) is 0.560. The number of nitrogens with one attached hydrogen (secondary N) is 1. The Kier molecular flexibility index (Phi) is 5.64. The first-order chi connectivity index (χ1) is 13.5. The third-order valence-electron chi connectivity index (χ3n) is 7.43. The Morgan fingerprint density at radius 1 is 1.25 bits per heavy atom. The van der Waals surface area contributed by atoms with Gasteiger partial charge in [0.05, 0.1) is 5.56 Å². The zero-order valence-corrected chi connectivity index (χ0v) is 18.2. The van der Waals surface area contributed by atoms with Gasteiger partial charge in [0.15, 0.2) is 0 Å². The minimum absolute atomic E-state index is 0.114. The van der Waals surface area contributed by atoms with Gasteiger partial charge < -0.3 is 5.32 Å². The maximum absolute atomic E-state index is 13.2. The molecule has 0 unspecified atom stereocenters. The average molecular weight is 396 g/mol. The predicted octanol–water partition coefficient (Wildman–Crippen LogP) is 6.82. The van der Waals surface area contributed by atoms with Gasteiger partial charge in [-0.1, -0.05) is 64.0 Å². The number of rotatable bonds is 7. The summed E-state index contributed by atoms with van der Waals surface area (Å²) in [7, 11) is 0. The Bertz CT molecular complexity index is 864. The summed E-state index contributed by atoms with van der Waals surface area (Å²) >= 11 is 1.66. The summed E-state index contributed by atoms with van der Waals surface area (Å²) in [6.07, 6.45) is 12.0. The fourth-order valence-corrected chi connectivity index (χ4v) is 6.40. The molecule has 1 aromatic carbocycles. The van der Waals surface area contributed by atoms with E-state index in [4.69, 9.17) is 0 Å². The van der Waals surface area contributed by atoms with Gasteiger partial charge in [-0.2, -0.15) is 0 Å². The fourth-order valence-electron chi connectivity index (χ4n) is 5.46. The molecule has 3 saturated carbocycles. The molecule has 4 atom stereocenters. The van der Waals surface area contributed by atoms with Crippen LogP contribution in [0.15, 0.2) is 41.8 Å². The minimum atomic E-state index is 0.114. The van der Waals surface area contributed by atoms with Crippen molar-refractivity contribution in [3.8, 4) is 0 Å². The number of hydrogen-bond acceptors (Lipinski definition) is 2. The highest BCUT2D eigenvalue weighted by Gasteiger charge is 2.57. The number of hydrogen-bond donors (Lipinski definition) is 1. The van der Waals surface area contributed by atoms with E-state index in [2.05, 4.69) is 50.4 Å². The normalized spacial score (nSPS) is 28.4. The summed E-state index contributed by atoms with van der Waals surface area (Å²) in [6.45, 7) is 7.04. The van der Waals surface area contributed by atoms with Crippen LogP contribution < -0.4 is 5.32 Å². The van der Waals surface area contributed by atoms with Gasteiger partial charge >= 0.3 is 0 Å². The lowest BCUT2D eigenvalue weighted by atomic mass is 9.44. The van der Waals surface area contributed by atoms with Crippen LogP contribution in [0.2, 0.25) is 0 Å². The van der Waals surface area contributed by atoms with Gasteiger partial charge in [0.2, 0.25) is 0 Å². The van der Waals surface area contributed by atoms with E-state index in [1.807, 2.05) is 17.5 Å². The van der Waals surface area contributed by atoms with Crippen molar-refractivity contribution in [1.29, 1.82) is 0 Å². The molecule has 2 nitrogen and oxygen atoms in total. The smallest absolute Gasteiger partial charge is 0.252 e. The maximum Gasteiger partial charge on any atom is 0.252 e. The predicted molar refractivity (Wildman–Crippen MR) is 120 cm³/mol. The molecule has 1 heterocycles. The third kappa shape index (κ3) is 3.54. The van der Waals surface area contributed by atoms with Crippen molar-refractivity contribution >= 4 is 27.3 Å². The number of allylic oxidation sites excluding steroid dienone is 2. The van der Waals surface area contributed by atoms with Crippen LogP contribution in [0.4, 0.5) is 0 Å². The van der Waals surface area contributed by atoms with E-state index in [1.165, 1.54) is 36.8 Å². The van der Waals surface area contributed by atoms with Crippen molar-refractivity contribution in [2.24, 2.45) is 23.2 Å². The second kappa shape index (κ2) is 8.02. The molecule has 3 fully saturated rings. The SMILES string of the molecule is CCCC/C=C\C[C@H]1C[C@@H]2C[C@H]([C@@H]1NC(=O)c1csc3ccccc13)C2(C)C. The standard InChI is InChI=1S/C25H33NOS/c1-4-5-6-7-8-11-17-14-18-15-21(25(18,2)3)23(17)26-24(27)20-16-28-22-13-10-9-12-19(20)22/h7-10,12-13,16-18,21,23H,4-6,11,14-15H2,1-3H3,(H,26,27)/b8-7-/t17-,18+,21+,23+/m0/s1. The average Bonchev–Trinajstić information content (AvgIpc) is 3.12. The van der Waals surface area contributed by atoms with E-state index in [0.717, 1.165) is 23.3 Å². The highest BCUT2D eigenvalue weighted by Crippen LogP contribution is 2.61. The summed E-state index contributed by atoms with van der Waals surface area (Å²) in [5, 5.41) is 6.60. The number of thiophene rings is 1. The number of carbonyl (C=O) groups excluding carboxylic acids is 1. The zero-order valence-electron chi connectivity index (χ0n) is 17.4. The molecule has 28 heavy (non-hydrogen) atoms. The number of benzene rings is 1. The highest BCUT2D eigenvalue weighted by molar-refractivity contribution is 7.17. The molecule has 0 saturated heterocycles. The van der Waals surface area contributed by atoms with Gasteiger partial charge in [-0.25, -0.2) is 0 Å². The zero-order chi connectivity index (χ0) is 19.7. The van der Waals surface area contributed by atoms with Crippen LogP contribution in [0.5, 0.6) is 0 Å². The maximum atomic E-state index is 13.2. The van der Waals surface area contributed by atoms with Crippen LogP contribution in [0.1, 0.15) is 69.7 Å². The summed E-state index contributed by atoms with van der Waals surface area (Å²) in [6, 6.07) is 8.53. The lowest BCUT2D eigenvalue weighted by Crippen LogP contribution is -2.63. The molecule has 1 N–H and O–H groups in total. The van der Waals surface area contributed by atoms with E-state index in [1.54, 1.807) is 11.3 Å². The molecule has 0 aliphatic heterocycles. The lowest BCUT2D eigenvalue weighted by Gasteiger charge is -2.62. The molecule has 150 valence electrons. The molecule has 0 spiro atoms. The van der Waals surface area contributed by atoms with Crippen LogP contribution in [0, 0.1) is 23.2 Å². The van der Waals surface area contributed by atoms with Crippen LogP contribution in [0.25, 0.3) is 10.1 Å². The second-order valence-corrected chi connectivity index (χ2v) is 10.3. The van der Waals surface area contributed by atoms with E-state index >= 15 is 0 Å². The van der Waals surface area contributed by atoms with E-state index in [9.17, 15) is 4.79 Å². The number of unbranched alkanes of at least 4 members (excludes halogenated alkanes) is 2. The molecule has 1 aromatic heterocycles. The van der Waals surface area contributed by atoms with Crippen LogP contribution >= 0.6 is 11.3 Å². The van der Waals surface area contributed by atoms with Gasteiger partial charge in [0.25, 0.3) is 5.91 Å². The molecule has 0 radical (unpaired) electrons. The molecule has 5 rings (SSSR count). The van der Waals surface area contributed by atoms with Crippen molar-refractivity contribution in [3.05, 3.63) is 47.4 Å². The lowest BCUT2D eigenvalue weighted by molar-refractivity contribution is -0.110. The largest absolute Gasteiger partial charge is 0.349 e. The van der Waals surface area contributed by atoms with Gasteiger partial charge in [-0.05, 0) is 54.9 Å². The van der Waals surface area contributed by atoms with Gasteiger partial charge in [0, 0.05) is 21.5 Å². The van der Waals surface area contributed by atoms with Crippen LogP contribution in [-0.4, -0.2) is 11.9 Å². The van der Waals surface area contributed by atoms with Crippen molar-refractivity contribution in [1.82, 2.24) is 5.32 Å². The number of fused-ring (bicyclic) bond motifs is 3. The molecule has 2 bridgehead atoms.